The summed E-state index contributed by atoms with van der Waals surface area (Å²) in [6.45, 7) is 5.30. The van der Waals surface area contributed by atoms with Gasteiger partial charge in [0.1, 0.15) is 12.1 Å². The molecule has 4 rings (SSSR count). The van der Waals surface area contributed by atoms with Crippen LogP contribution in [0.2, 0.25) is 0 Å². The first-order chi connectivity index (χ1) is 13.4. The minimum Gasteiger partial charge on any atom is -0.322 e. The third-order valence-electron chi connectivity index (χ3n) is 4.80. The van der Waals surface area contributed by atoms with Gasteiger partial charge < -0.3 is 5.32 Å². The van der Waals surface area contributed by atoms with Gasteiger partial charge >= 0.3 is 0 Å². The minimum absolute atomic E-state index is 0.121. The van der Waals surface area contributed by atoms with Crippen molar-refractivity contribution in [2.45, 2.75) is 32.9 Å². The number of hydrogen-bond donors (Lipinski definition) is 1. The van der Waals surface area contributed by atoms with E-state index >= 15 is 0 Å². The summed E-state index contributed by atoms with van der Waals surface area (Å²) in [4.78, 5) is 28.4. The van der Waals surface area contributed by atoms with E-state index in [2.05, 4.69) is 20.7 Å². The summed E-state index contributed by atoms with van der Waals surface area (Å²) >= 11 is 0. The Bertz CT molecular complexity index is 1050. The Morgan fingerprint density at radius 1 is 1.11 bits per heavy atom. The molecule has 0 spiro atoms. The molecular weight excluding hydrogens is 356 g/mol. The van der Waals surface area contributed by atoms with E-state index in [1.54, 1.807) is 26.0 Å². The fourth-order valence-corrected chi connectivity index (χ4v) is 3.22. The lowest BCUT2D eigenvalue weighted by atomic mass is 9.96. The second kappa shape index (κ2) is 6.56. The first-order valence-corrected chi connectivity index (χ1v) is 8.94. The zero-order chi connectivity index (χ0) is 19.9. The summed E-state index contributed by atoms with van der Waals surface area (Å²) in [6, 6.07) is 15.0. The molecule has 1 aliphatic heterocycles. The molecule has 1 aliphatic rings. The number of aryl methyl sites for hydroxylation is 1. The number of nitrogens with one attached hydrogen (secondary N) is 1. The van der Waals surface area contributed by atoms with Crippen molar-refractivity contribution < 1.29 is 9.59 Å². The number of benzene rings is 2. The van der Waals surface area contributed by atoms with Crippen molar-refractivity contribution in [1.29, 1.82) is 0 Å². The molecule has 28 heavy (non-hydrogen) atoms. The van der Waals surface area contributed by atoms with Crippen LogP contribution in [-0.2, 0) is 16.1 Å². The standard InChI is InChI=1S/C20H20N6O2/c1-13-8-10-14(11-9-13)18-22-24-25(23-18)12-17(27)26-16-7-5-4-6-15(16)21-19(28)20(26,2)3/h4-11H,12H2,1-3H3,(H,21,28). The molecule has 3 aromatic rings. The fourth-order valence-electron chi connectivity index (χ4n) is 3.22. The molecule has 2 aromatic carbocycles. The van der Waals surface area contributed by atoms with Crippen molar-refractivity contribution in [3.8, 4) is 11.4 Å². The van der Waals surface area contributed by atoms with E-state index in [4.69, 9.17) is 0 Å². The maximum atomic E-state index is 13.1. The highest BCUT2D eigenvalue weighted by Gasteiger charge is 2.43. The van der Waals surface area contributed by atoms with Crippen LogP contribution in [0.25, 0.3) is 11.4 Å². The molecule has 0 saturated carbocycles. The van der Waals surface area contributed by atoms with E-state index in [1.807, 2.05) is 43.3 Å². The average Bonchev–Trinajstić information content (AvgIpc) is 3.11. The van der Waals surface area contributed by atoms with Crippen LogP contribution in [0.3, 0.4) is 0 Å². The molecule has 142 valence electrons. The van der Waals surface area contributed by atoms with Gasteiger partial charge in [-0.05, 0) is 38.1 Å². The van der Waals surface area contributed by atoms with Gasteiger partial charge in [-0.2, -0.15) is 4.80 Å². The van der Waals surface area contributed by atoms with Crippen LogP contribution in [0.1, 0.15) is 19.4 Å². The Kier molecular flexibility index (Phi) is 4.18. The third-order valence-corrected chi connectivity index (χ3v) is 4.80. The van der Waals surface area contributed by atoms with Crippen LogP contribution in [-0.4, -0.2) is 37.6 Å². The number of tetrazole rings is 1. The fraction of sp³-hybridized carbons (Fsp3) is 0.250. The zero-order valence-corrected chi connectivity index (χ0v) is 15.9. The Balaban J connectivity index is 1.61. The van der Waals surface area contributed by atoms with Crippen molar-refractivity contribution in [2.24, 2.45) is 0 Å². The molecule has 2 amide bonds. The quantitative estimate of drug-likeness (QED) is 0.758. The first kappa shape index (κ1) is 17.8. The van der Waals surface area contributed by atoms with E-state index in [1.165, 1.54) is 9.70 Å². The normalized spacial score (nSPS) is 15.1. The number of para-hydroxylation sites is 2. The van der Waals surface area contributed by atoms with Crippen LogP contribution in [0.4, 0.5) is 11.4 Å². The van der Waals surface area contributed by atoms with Crippen molar-refractivity contribution in [3.05, 3.63) is 54.1 Å². The van der Waals surface area contributed by atoms with Crippen LogP contribution in [0.15, 0.2) is 48.5 Å². The lowest BCUT2D eigenvalue weighted by Crippen LogP contribution is -2.59. The number of aromatic nitrogens is 4. The largest absolute Gasteiger partial charge is 0.322 e. The van der Waals surface area contributed by atoms with Crippen molar-refractivity contribution >= 4 is 23.2 Å². The highest BCUT2D eigenvalue weighted by molar-refractivity contribution is 6.14. The predicted molar refractivity (Wildman–Crippen MR) is 105 cm³/mol. The molecular formula is C20H20N6O2. The van der Waals surface area contributed by atoms with Gasteiger partial charge in [-0.3, -0.25) is 14.5 Å². The van der Waals surface area contributed by atoms with E-state index in [0.717, 1.165) is 11.1 Å². The van der Waals surface area contributed by atoms with Gasteiger partial charge in [0.15, 0.2) is 0 Å². The molecule has 1 N–H and O–H groups in total. The maximum absolute atomic E-state index is 13.1. The molecule has 0 radical (unpaired) electrons. The van der Waals surface area contributed by atoms with Gasteiger partial charge in [-0.15, -0.1) is 10.2 Å². The summed E-state index contributed by atoms with van der Waals surface area (Å²) in [6.07, 6.45) is 0. The number of carbonyl (C=O) groups excluding carboxylic acids is 2. The number of amides is 2. The van der Waals surface area contributed by atoms with Crippen molar-refractivity contribution in [3.63, 3.8) is 0 Å². The van der Waals surface area contributed by atoms with Crippen molar-refractivity contribution in [2.75, 3.05) is 10.2 Å². The molecule has 1 aromatic heterocycles. The Morgan fingerprint density at radius 3 is 2.57 bits per heavy atom. The molecule has 2 heterocycles. The molecule has 0 saturated heterocycles. The minimum atomic E-state index is -1.04. The number of carbonyl (C=O) groups is 2. The average molecular weight is 376 g/mol. The number of nitrogens with zero attached hydrogens (tertiary/aromatic N) is 5. The SMILES string of the molecule is Cc1ccc(-c2nnn(CC(=O)N3c4ccccc4NC(=O)C3(C)C)n2)cc1. The smallest absolute Gasteiger partial charge is 0.251 e. The number of anilines is 2. The van der Waals surface area contributed by atoms with Crippen LogP contribution >= 0.6 is 0 Å². The zero-order valence-electron chi connectivity index (χ0n) is 15.9. The van der Waals surface area contributed by atoms with Crippen LogP contribution < -0.4 is 10.2 Å². The summed E-state index contributed by atoms with van der Waals surface area (Å²) in [5.74, 6) is -0.0875. The van der Waals surface area contributed by atoms with Crippen LogP contribution in [0.5, 0.6) is 0 Å². The lowest BCUT2D eigenvalue weighted by molar-refractivity contribution is -0.127. The van der Waals surface area contributed by atoms with Gasteiger partial charge in [0.05, 0.1) is 11.4 Å². The van der Waals surface area contributed by atoms with E-state index in [9.17, 15) is 9.59 Å². The molecule has 0 atom stereocenters. The number of hydrogen-bond acceptors (Lipinski definition) is 5. The summed E-state index contributed by atoms with van der Waals surface area (Å²) in [5, 5.41) is 15.2. The van der Waals surface area contributed by atoms with Gasteiger partial charge in [-0.1, -0.05) is 42.0 Å². The maximum Gasteiger partial charge on any atom is 0.251 e. The Hall–Kier alpha value is -3.55. The Labute approximate surface area is 162 Å². The second-order valence-electron chi connectivity index (χ2n) is 7.27. The summed E-state index contributed by atoms with van der Waals surface area (Å²) in [7, 11) is 0. The van der Waals surface area contributed by atoms with E-state index < -0.39 is 5.54 Å². The van der Waals surface area contributed by atoms with Crippen molar-refractivity contribution in [1.82, 2.24) is 20.2 Å². The molecule has 0 unspecified atom stereocenters. The van der Waals surface area contributed by atoms with Crippen LogP contribution in [0, 0.1) is 6.92 Å². The number of fused-ring (bicyclic) bond motifs is 1. The highest BCUT2D eigenvalue weighted by atomic mass is 16.2. The van der Waals surface area contributed by atoms with Gasteiger partial charge in [0.25, 0.3) is 5.91 Å². The number of rotatable bonds is 3. The van der Waals surface area contributed by atoms with Gasteiger partial charge in [-0.25, -0.2) is 0 Å². The van der Waals surface area contributed by atoms with Gasteiger partial charge in [0.2, 0.25) is 11.7 Å². The first-order valence-electron chi connectivity index (χ1n) is 8.94. The summed E-state index contributed by atoms with van der Waals surface area (Å²) < 4.78 is 0. The highest BCUT2D eigenvalue weighted by Crippen LogP contribution is 2.36. The monoisotopic (exact) mass is 376 g/mol. The molecule has 0 aliphatic carbocycles. The van der Waals surface area contributed by atoms with Gasteiger partial charge in [0, 0.05) is 5.56 Å². The molecule has 0 bridgehead atoms. The summed E-state index contributed by atoms with van der Waals surface area (Å²) in [5.41, 5.74) is 2.18. The molecule has 0 fully saturated rings. The third kappa shape index (κ3) is 3.02. The van der Waals surface area contributed by atoms with E-state index in [0.29, 0.717) is 17.2 Å². The Morgan fingerprint density at radius 2 is 1.82 bits per heavy atom. The lowest BCUT2D eigenvalue weighted by Gasteiger charge is -2.41. The topological polar surface area (TPSA) is 93.0 Å². The predicted octanol–water partition coefficient (Wildman–Crippen LogP) is 2.41. The molecule has 8 nitrogen and oxygen atoms in total. The molecule has 8 heteroatoms. The van der Waals surface area contributed by atoms with E-state index in [-0.39, 0.29) is 18.4 Å². The second-order valence-corrected chi connectivity index (χ2v) is 7.27.